The zero-order valence-electron chi connectivity index (χ0n) is 11.3. The Morgan fingerprint density at radius 1 is 1.17 bits per heavy atom. The zero-order chi connectivity index (χ0) is 13.6. The van der Waals surface area contributed by atoms with Gasteiger partial charge in [-0.25, -0.2) is 4.39 Å². The van der Waals surface area contributed by atoms with Crippen LogP contribution in [0.1, 0.15) is 33.3 Å². The van der Waals surface area contributed by atoms with E-state index in [0.717, 1.165) is 0 Å². The molecule has 1 saturated heterocycles. The maximum atomic E-state index is 14.0. The van der Waals surface area contributed by atoms with Crippen molar-refractivity contribution in [3.05, 3.63) is 36.2 Å². The third kappa shape index (κ3) is 2.00. The number of hydrogen-bond acceptors (Lipinski definition) is 2. The van der Waals surface area contributed by atoms with Crippen molar-refractivity contribution in [2.45, 2.75) is 38.9 Å². The van der Waals surface area contributed by atoms with Crippen LogP contribution in [0.4, 0.5) is 4.39 Å². The first-order valence-electron chi connectivity index (χ1n) is 6.05. The van der Waals surface area contributed by atoms with E-state index < -0.39 is 18.3 Å². The first kappa shape index (κ1) is 13.3. The summed E-state index contributed by atoms with van der Waals surface area (Å²) in [6.07, 6.45) is 1.61. The standard InChI is InChI=1S/C14H18BFO2/c1-6-10-8-7-9-11(16)12(10)15-17-13(2,3)14(4,5)18-15/h6-9H,1H2,2-5H3. The van der Waals surface area contributed by atoms with Crippen molar-refractivity contribution in [3.63, 3.8) is 0 Å². The number of benzene rings is 1. The number of rotatable bonds is 2. The third-order valence-electron chi connectivity index (χ3n) is 3.80. The molecular weight excluding hydrogens is 230 g/mol. The summed E-state index contributed by atoms with van der Waals surface area (Å²) >= 11 is 0. The minimum Gasteiger partial charge on any atom is -0.399 e. The van der Waals surface area contributed by atoms with Crippen LogP contribution in [0, 0.1) is 5.82 Å². The fourth-order valence-electron chi connectivity index (χ4n) is 1.94. The normalized spacial score (nSPS) is 21.1. The third-order valence-corrected chi connectivity index (χ3v) is 3.80. The number of hydrogen-bond donors (Lipinski definition) is 0. The minimum absolute atomic E-state index is 0.328. The lowest BCUT2D eigenvalue weighted by Gasteiger charge is -2.32. The quantitative estimate of drug-likeness (QED) is 0.749. The van der Waals surface area contributed by atoms with Gasteiger partial charge in [-0.1, -0.05) is 24.8 Å². The zero-order valence-corrected chi connectivity index (χ0v) is 11.3. The second-order valence-corrected chi connectivity index (χ2v) is 5.54. The average molecular weight is 248 g/mol. The Hall–Kier alpha value is -1.13. The Labute approximate surface area is 108 Å². The van der Waals surface area contributed by atoms with Gasteiger partial charge in [0.1, 0.15) is 5.82 Å². The summed E-state index contributed by atoms with van der Waals surface area (Å²) in [4.78, 5) is 0. The molecule has 2 rings (SSSR count). The lowest BCUT2D eigenvalue weighted by molar-refractivity contribution is 0.00578. The van der Waals surface area contributed by atoms with E-state index in [9.17, 15) is 4.39 Å². The molecule has 1 aliphatic heterocycles. The first-order valence-corrected chi connectivity index (χ1v) is 6.05. The molecule has 0 saturated carbocycles. The van der Waals surface area contributed by atoms with Crippen molar-refractivity contribution in [2.75, 3.05) is 0 Å². The molecule has 0 unspecified atom stereocenters. The summed E-state index contributed by atoms with van der Waals surface area (Å²) in [5, 5.41) is 0. The second-order valence-electron chi connectivity index (χ2n) is 5.54. The molecule has 0 N–H and O–H groups in total. The predicted octanol–water partition coefficient (Wildman–Crippen LogP) is 2.77. The SMILES string of the molecule is C=Cc1cccc(F)c1B1OC(C)(C)C(C)(C)O1. The fraction of sp³-hybridized carbons (Fsp3) is 0.429. The Morgan fingerprint density at radius 2 is 1.72 bits per heavy atom. The summed E-state index contributed by atoms with van der Waals surface area (Å²) < 4.78 is 25.7. The fourth-order valence-corrected chi connectivity index (χ4v) is 1.94. The van der Waals surface area contributed by atoms with E-state index in [2.05, 4.69) is 6.58 Å². The van der Waals surface area contributed by atoms with Gasteiger partial charge in [-0.2, -0.15) is 0 Å². The van der Waals surface area contributed by atoms with Crippen molar-refractivity contribution >= 4 is 18.7 Å². The topological polar surface area (TPSA) is 18.5 Å². The van der Waals surface area contributed by atoms with Crippen LogP contribution < -0.4 is 5.46 Å². The summed E-state index contributed by atoms with van der Waals surface area (Å²) in [5.41, 5.74) is 0.177. The molecule has 0 radical (unpaired) electrons. The molecule has 96 valence electrons. The predicted molar refractivity (Wildman–Crippen MR) is 72.2 cm³/mol. The van der Waals surface area contributed by atoms with Crippen LogP contribution in [0.15, 0.2) is 24.8 Å². The van der Waals surface area contributed by atoms with Crippen LogP contribution in [0.5, 0.6) is 0 Å². The van der Waals surface area contributed by atoms with Crippen molar-refractivity contribution in [2.24, 2.45) is 0 Å². The molecule has 1 heterocycles. The minimum atomic E-state index is -0.691. The first-order chi connectivity index (χ1) is 8.28. The van der Waals surface area contributed by atoms with Crippen LogP contribution in [0.25, 0.3) is 6.08 Å². The molecule has 1 aliphatic rings. The molecule has 0 atom stereocenters. The van der Waals surface area contributed by atoms with Crippen molar-refractivity contribution in [1.29, 1.82) is 0 Å². The van der Waals surface area contributed by atoms with Crippen molar-refractivity contribution < 1.29 is 13.7 Å². The molecule has 18 heavy (non-hydrogen) atoms. The van der Waals surface area contributed by atoms with Gasteiger partial charge in [-0.15, -0.1) is 0 Å². The molecule has 1 aromatic carbocycles. The van der Waals surface area contributed by atoms with Gasteiger partial charge >= 0.3 is 7.12 Å². The lowest BCUT2D eigenvalue weighted by atomic mass is 9.75. The molecule has 1 fully saturated rings. The maximum absolute atomic E-state index is 14.0. The molecule has 0 spiro atoms. The highest BCUT2D eigenvalue weighted by atomic mass is 19.1. The average Bonchev–Trinajstić information content (AvgIpc) is 2.47. The van der Waals surface area contributed by atoms with E-state index >= 15 is 0 Å². The van der Waals surface area contributed by atoms with Crippen LogP contribution in [0.2, 0.25) is 0 Å². The van der Waals surface area contributed by atoms with Crippen LogP contribution >= 0.6 is 0 Å². The molecule has 0 aliphatic carbocycles. The van der Waals surface area contributed by atoms with E-state index in [-0.39, 0.29) is 5.82 Å². The molecular formula is C14H18BFO2. The van der Waals surface area contributed by atoms with Crippen LogP contribution in [-0.4, -0.2) is 18.3 Å². The highest BCUT2D eigenvalue weighted by Gasteiger charge is 2.52. The Balaban J connectivity index is 2.44. The highest BCUT2D eigenvalue weighted by molar-refractivity contribution is 6.63. The van der Waals surface area contributed by atoms with Gasteiger partial charge in [0.15, 0.2) is 0 Å². The van der Waals surface area contributed by atoms with E-state index in [1.165, 1.54) is 6.07 Å². The number of halogens is 1. The molecule has 4 heteroatoms. The Morgan fingerprint density at radius 3 is 2.22 bits per heavy atom. The molecule has 2 nitrogen and oxygen atoms in total. The van der Waals surface area contributed by atoms with Crippen LogP contribution in [-0.2, 0) is 9.31 Å². The smallest absolute Gasteiger partial charge is 0.399 e. The maximum Gasteiger partial charge on any atom is 0.498 e. The van der Waals surface area contributed by atoms with Gasteiger partial charge in [-0.05, 0) is 39.3 Å². The van der Waals surface area contributed by atoms with E-state index in [4.69, 9.17) is 9.31 Å². The monoisotopic (exact) mass is 248 g/mol. The van der Waals surface area contributed by atoms with Gasteiger partial charge in [-0.3, -0.25) is 0 Å². The molecule has 1 aromatic rings. The molecule has 0 bridgehead atoms. The van der Waals surface area contributed by atoms with Crippen molar-refractivity contribution in [1.82, 2.24) is 0 Å². The van der Waals surface area contributed by atoms with E-state index in [1.54, 1.807) is 18.2 Å². The van der Waals surface area contributed by atoms with Gasteiger partial charge < -0.3 is 9.31 Å². The van der Waals surface area contributed by atoms with Gasteiger partial charge in [0.2, 0.25) is 0 Å². The van der Waals surface area contributed by atoms with Crippen molar-refractivity contribution in [3.8, 4) is 0 Å². The van der Waals surface area contributed by atoms with Gasteiger partial charge in [0.25, 0.3) is 0 Å². The summed E-state index contributed by atoms with van der Waals surface area (Å²) in [6, 6.07) is 4.87. The van der Waals surface area contributed by atoms with Gasteiger partial charge in [0.05, 0.1) is 11.2 Å². The van der Waals surface area contributed by atoms with Gasteiger partial charge in [0, 0.05) is 5.46 Å². The van der Waals surface area contributed by atoms with E-state index in [1.807, 2.05) is 27.7 Å². The lowest BCUT2D eigenvalue weighted by Crippen LogP contribution is -2.41. The largest absolute Gasteiger partial charge is 0.498 e. The van der Waals surface area contributed by atoms with E-state index in [0.29, 0.717) is 11.0 Å². The summed E-state index contributed by atoms with van der Waals surface area (Å²) in [5.74, 6) is -0.328. The summed E-state index contributed by atoms with van der Waals surface area (Å²) in [6.45, 7) is 11.5. The molecule has 0 amide bonds. The highest BCUT2D eigenvalue weighted by Crippen LogP contribution is 2.36. The summed E-state index contributed by atoms with van der Waals surface area (Å²) in [7, 11) is -0.691. The second kappa shape index (κ2) is 4.21. The Bertz CT molecular complexity index is 467. The molecule has 0 aromatic heterocycles. The Kier molecular flexibility index (Phi) is 3.12. The van der Waals surface area contributed by atoms with Crippen LogP contribution in [0.3, 0.4) is 0 Å².